The molecule has 96 valence electrons. The predicted octanol–water partition coefficient (Wildman–Crippen LogP) is 1.48. The SMILES string of the molecule is CC[C@@H](CNCNC(=O)OC(C)(C)C)OC. The molecular formula is C11H24N2O3. The molecule has 16 heavy (non-hydrogen) atoms. The normalized spacial score (nSPS) is 13.3. The van der Waals surface area contributed by atoms with Crippen molar-refractivity contribution >= 4 is 6.09 Å². The van der Waals surface area contributed by atoms with Crippen LogP contribution in [0, 0.1) is 0 Å². The van der Waals surface area contributed by atoms with Crippen LogP contribution >= 0.6 is 0 Å². The van der Waals surface area contributed by atoms with Crippen LogP contribution in [0.2, 0.25) is 0 Å². The van der Waals surface area contributed by atoms with Gasteiger partial charge in [-0.25, -0.2) is 4.79 Å². The van der Waals surface area contributed by atoms with E-state index in [0.717, 1.165) is 6.42 Å². The first kappa shape index (κ1) is 15.2. The van der Waals surface area contributed by atoms with Gasteiger partial charge in [0.05, 0.1) is 12.8 Å². The topological polar surface area (TPSA) is 59.6 Å². The summed E-state index contributed by atoms with van der Waals surface area (Å²) in [5.41, 5.74) is -0.456. The quantitative estimate of drug-likeness (QED) is 0.538. The minimum Gasteiger partial charge on any atom is -0.444 e. The Morgan fingerprint density at radius 1 is 1.38 bits per heavy atom. The second-order valence-corrected chi connectivity index (χ2v) is 4.58. The van der Waals surface area contributed by atoms with E-state index in [2.05, 4.69) is 17.6 Å². The summed E-state index contributed by atoms with van der Waals surface area (Å²) in [6.45, 7) is 8.64. The Labute approximate surface area is 97.9 Å². The van der Waals surface area contributed by atoms with Crippen LogP contribution in [-0.4, -0.2) is 38.1 Å². The first-order valence-electron chi connectivity index (χ1n) is 5.59. The second-order valence-electron chi connectivity index (χ2n) is 4.58. The summed E-state index contributed by atoms with van der Waals surface area (Å²) in [6.07, 6.45) is 0.710. The van der Waals surface area contributed by atoms with Crippen LogP contribution in [0.3, 0.4) is 0 Å². The number of alkyl carbamates (subject to hydrolysis) is 1. The highest BCUT2D eigenvalue weighted by Crippen LogP contribution is 2.05. The van der Waals surface area contributed by atoms with E-state index in [1.54, 1.807) is 7.11 Å². The lowest BCUT2D eigenvalue weighted by Crippen LogP contribution is -2.40. The van der Waals surface area contributed by atoms with Crippen LogP contribution in [0.15, 0.2) is 0 Å². The lowest BCUT2D eigenvalue weighted by Gasteiger charge is -2.20. The molecule has 0 fully saturated rings. The van der Waals surface area contributed by atoms with Gasteiger partial charge < -0.3 is 14.8 Å². The maximum absolute atomic E-state index is 11.2. The van der Waals surface area contributed by atoms with Gasteiger partial charge in [-0.1, -0.05) is 6.92 Å². The fourth-order valence-electron chi connectivity index (χ4n) is 1.08. The molecule has 0 aromatic heterocycles. The van der Waals surface area contributed by atoms with Crippen LogP contribution < -0.4 is 10.6 Å². The summed E-state index contributed by atoms with van der Waals surface area (Å²) in [6, 6.07) is 0. The molecule has 0 radical (unpaired) electrons. The van der Waals surface area contributed by atoms with Crippen molar-refractivity contribution in [2.24, 2.45) is 0 Å². The van der Waals surface area contributed by atoms with E-state index < -0.39 is 11.7 Å². The van der Waals surface area contributed by atoms with E-state index in [4.69, 9.17) is 9.47 Å². The van der Waals surface area contributed by atoms with Crippen molar-refractivity contribution in [3.8, 4) is 0 Å². The number of hydrogen-bond donors (Lipinski definition) is 2. The average molecular weight is 232 g/mol. The number of ether oxygens (including phenoxy) is 2. The van der Waals surface area contributed by atoms with Crippen molar-refractivity contribution in [3.63, 3.8) is 0 Å². The molecule has 0 aliphatic heterocycles. The van der Waals surface area contributed by atoms with E-state index in [-0.39, 0.29) is 6.10 Å². The Kier molecular flexibility index (Phi) is 7.08. The molecule has 0 rings (SSSR count). The van der Waals surface area contributed by atoms with Crippen molar-refractivity contribution in [3.05, 3.63) is 0 Å². The molecule has 1 amide bonds. The smallest absolute Gasteiger partial charge is 0.408 e. The number of carbonyl (C=O) groups excluding carboxylic acids is 1. The van der Waals surface area contributed by atoms with Crippen molar-refractivity contribution in [1.29, 1.82) is 0 Å². The summed E-state index contributed by atoms with van der Waals surface area (Å²) in [7, 11) is 1.68. The highest BCUT2D eigenvalue weighted by Gasteiger charge is 2.15. The second kappa shape index (κ2) is 7.46. The molecule has 0 heterocycles. The van der Waals surface area contributed by atoms with Gasteiger partial charge >= 0.3 is 6.09 Å². The largest absolute Gasteiger partial charge is 0.444 e. The number of nitrogens with one attached hydrogen (secondary N) is 2. The molecule has 5 nitrogen and oxygen atoms in total. The number of rotatable bonds is 6. The summed E-state index contributed by atoms with van der Waals surface area (Å²) in [5.74, 6) is 0. The molecule has 0 aliphatic carbocycles. The maximum atomic E-state index is 11.2. The number of carbonyl (C=O) groups is 1. The van der Waals surface area contributed by atoms with Gasteiger partial charge in [0.15, 0.2) is 0 Å². The maximum Gasteiger partial charge on any atom is 0.408 e. The van der Waals surface area contributed by atoms with Gasteiger partial charge in [-0.05, 0) is 27.2 Å². The first-order chi connectivity index (χ1) is 7.39. The minimum absolute atomic E-state index is 0.181. The van der Waals surface area contributed by atoms with Gasteiger partial charge in [0.25, 0.3) is 0 Å². The van der Waals surface area contributed by atoms with Crippen molar-refractivity contribution in [1.82, 2.24) is 10.6 Å². The first-order valence-corrected chi connectivity index (χ1v) is 5.59. The van der Waals surface area contributed by atoms with Gasteiger partial charge in [0, 0.05) is 13.7 Å². The zero-order valence-electron chi connectivity index (χ0n) is 10.9. The van der Waals surface area contributed by atoms with E-state index >= 15 is 0 Å². The van der Waals surface area contributed by atoms with Crippen molar-refractivity contribution in [2.75, 3.05) is 20.3 Å². The molecule has 0 aromatic carbocycles. The molecule has 0 unspecified atom stereocenters. The lowest BCUT2D eigenvalue weighted by atomic mass is 10.2. The minimum atomic E-state index is -0.456. The van der Waals surface area contributed by atoms with Crippen molar-refractivity contribution in [2.45, 2.75) is 45.8 Å². The zero-order chi connectivity index (χ0) is 12.6. The summed E-state index contributed by atoms with van der Waals surface area (Å²) >= 11 is 0. The molecule has 0 bridgehead atoms. The molecule has 2 N–H and O–H groups in total. The summed E-state index contributed by atoms with van der Waals surface area (Å²) < 4.78 is 10.3. The number of methoxy groups -OCH3 is 1. The standard InChI is InChI=1S/C11H24N2O3/c1-6-9(15-5)7-12-8-13-10(14)16-11(2,3)4/h9,12H,6-8H2,1-5H3,(H,13,14)/t9-/m0/s1. The molecular weight excluding hydrogens is 208 g/mol. The zero-order valence-corrected chi connectivity index (χ0v) is 10.9. The molecule has 0 aliphatic rings. The van der Waals surface area contributed by atoms with Crippen LogP contribution in [0.5, 0.6) is 0 Å². The highest BCUT2D eigenvalue weighted by molar-refractivity contribution is 5.67. The van der Waals surface area contributed by atoms with E-state index in [1.165, 1.54) is 0 Å². The van der Waals surface area contributed by atoms with Crippen LogP contribution in [0.4, 0.5) is 4.79 Å². The summed E-state index contributed by atoms with van der Waals surface area (Å²) in [4.78, 5) is 11.2. The number of amides is 1. The van der Waals surface area contributed by atoms with Gasteiger partial charge in [0.2, 0.25) is 0 Å². The predicted molar refractivity (Wildman–Crippen MR) is 63.3 cm³/mol. The third-order valence-electron chi connectivity index (χ3n) is 1.92. The third-order valence-corrected chi connectivity index (χ3v) is 1.92. The Morgan fingerprint density at radius 2 is 2.00 bits per heavy atom. The molecule has 0 saturated carbocycles. The molecule has 5 heteroatoms. The van der Waals surface area contributed by atoms with Crippen LogP contribution in [0.1, 0.15) is 34.1 Å². The number of hydrogen-bond acceptors (Lipinski definition) is 4. The average Bonchev–Trinajstić information content (AvgIpc) is 2.15. The van der Waals surface area contributed by atoms with Gasteiger partial charge in [-0.2, -0.15) is 0 Å². The Balaban J connectivity index is 3.55. The third kappa shape index (κ3) is 8.49. The van der Waals surface area contributed by atoms with Gasteiger partial charge in [-0.15, -0.1) is 0 Å². The van der Waals surface area contributed by atoms with Gasteiger partial charge in [0.1, 0.15) is 5.60 Å². The highest BCUT2D eigenvalue weighted by atomic mass is 16.6. The van der Waals surface area contributed by atoms with Crippen LogP contribution in [0.25, 0.3) is 0 Å². The van der Waals surface area contributed by atoms with E-state index in [9.17, 15) is 4.79 Å². The fraction of sp³-hybridized carbons (Fsp3) is 0.909. The fourth-order valence-corrected chi connectivity index (χ4v) is 1.08. The van der Waals surface area contributed by atoms with Crippen molar-refractivity contribution < 1.29 is 14.3 Å². The Bertz CT molecular complexity index is 198. The van der Waals surface area contributed by atoms with E-state index in [0.29, 0.717) is 13.2 Å². The molecule has 0 saturated heterocycles. The molecule has 1 atom stereocenters. The Morgan fingerprint density at radius 3 is 2.44 bits per heavy atom. The molecule has 0 spiro atoms. The Hall–Kier alpha value is -0.810. The summed E-state index contributed by atoms with van der Waals surface area (Å²) in [5, 5.41) is 5.68. The lowest BCUT2D eigenvalue weighted by molar-refractivity contribution is 0.0515. The van der Waals surface area contributed by atoms with Crippen LogP contribution in [-0.2, 0) is 9.47 Å². The van der Waals surface area contributed by atoms with E-state index in [1.807, 2.05) is 20.8 Å². The monoisotopic (exact) mass is 232 g/mol. The van der Waals surface area contributed by atoms with Gasteiger partial charge in [-0.3, -0.25) is 5.32 Å². The molecule has 0 aromatic rings.